The summed E-state index contributed by atoms with van der Waals surface area (Å²) in [6.45, 7) is 3.02. The quantitative estimate of drug-likeness (QED) is 0.171. The molecule has 1 saturated heterocycles. The van der Waals surface area contributed by atoms with E-state index in [0.29, 0.717) is 5.75 Å². The highest BCUT2D eigenvalue weighted by Crippen LogP contribution is 2.49. The lowest BCUT2D eigenvalue weighted by Crippen LogP contribution is -2.40. The van der Waals surface area contributed by atoms with Gasteiger partial charge >= 0.3 is 7.82 Å². The van der Waals surface area contributed by atoms with Gasteiger partial charge in [0.1, 0.15) is 37.5 Å². The van der Waals surface area contributed by atoms with Gasteiger partial charge in [0, 0.05) is 0 Å². The second-order valence-corrected chi connectivity index (χ2v) is 11.4. The van der Waals surface area contributed by atoms with E-state index in [1.165, 1.54) is 0 Å². The Kier molecular flexibility index (Phi) is 9.87. The molecule has 40 heavy (non-hydrogen) atoms. The molecule has 6 atom stereocenters. The third-order valence-electron chi connectivity index (χ3n) is 6.86. The Balaban J connectivity index is 1.77. The minimum absolute atomic E-state index is 0.101. The lowest BCUT2D eigenvalue weighted by molar-refractivity contribution is -0.0756. The highest BCUT2D eigenvalue weighted by atomic mass is 31.2. The summed E-state index contributed by atoms with van der Waals surface area (Å²) >= 11 is 0. The van der Waals surface area contributed by atoms with Gasteiger partial charge in [-0.2, -0.15) is 0 Å². The first-order valence-electron chi connectivity index (χ1n) is 13.2. The molecule has 11 heteroatoms. The van der Waals surface area contributed by atoms with Crippen LogP contribution in [0.4, 0.5) is 0 Å². The number of phosphoric ester groups is 1. The van der Waals surface area contributed by atoms with Gasteiger partial charge in [-0.1, -0.05) is 66.7 Å². The zero-order valence-corrected chi connectivity index (χ0v) is 23.9. The van der Waals surface area contributed by atoms with E-state index in [9.17, 15) is 19.7 Å². The molecule has 214 valence electrons. The number of hydrogen-bond donors (Lipinski definition) is 3. The average molecular weight is 570 g/mol. The predicted molar refractivity (Wildman–Crippen MR) is 152 cm³/mol. The molecule has 3 aromatic carbocycles. The van der Waals surface area contributed by atoms with Crippen molar-refractivity contribution in [3.05, 3.63) is 101 Å². The molecule has 1 fully saturated rings. The Morgan fingerprint density at radius 3 is 2.10 bits per heavy atom. The van der Waals surface area contributed by atoms with Crippen LogP contribution in [0.3, 0.4) is 0 Å². The van der Waals surface area contributed by atoms with E-state index in [2.05, 4.69) is 0 Å². The largest absolute Gasteiger partial charge is 0.497 e. The molecule has 3 aromatic rings. The van der Waals surface area contributed by atoms with Gasteiger partial charge in [0.2, 0.25) is 0 Å². The van der Waals surface area contributed by atoms with Crippen LogP contribution in [0.15, 0.2) is 78.9 Å². The van der Waals surface area contributed by atoms with Crippen molar-refractivity contribution >= 4 is 15.7 Å². The summed E-state index contributed by atoms with van der Waals surface area (Å²) in [7, 11) is -1.23. The van der Waals surface area contributed by atoms with E-state index in [1.807, 2.05) is 78.9 Å². The molecular weight excluding hydrogens is 534 g/mol. The molecule has 0 bridgehead atoms. The maximum atomic E-state index is 12.6. The van der Waals surface area contributed by atoms with Gasteiger partial charge in [0.15, 0.2) is 0 Å². The van der Waals surface area contributed by atoms with Crippen molar-refractivity contribution in [2.45, 2.75) is 56.5 Å². The lowest BCUT2D eigenvalue weighted by Gasteiger charge is -2.37. The second-order valence-electron chi connectivity index (χ2n) is 10.0. The van der Waals surface area contributed by atoms with Gasteiger partial charge in [0.25, 0.3) is 0 Å². The molecule has 0 saturated carbocycles. The molecule has 1 heterocycles. The van der Waals surface area contributed by atoms with Gasteiger partial charge in [-0.25, -0.2) is 4.57 Å². The van der Waals surface area contributed by atoms with Gasteiger partial charge in [0.05, 0.1) is 32.4 Å². The zero-order chi connectivity index (χ0) is 28.9. The number of phosphoric acid groups is 1. The number of ether oxygens (including phenoxy) is 3. The van der Waals surface area contributed by atoms with E-state index in [4.69, 9.17) is 23.3 Å². The summed E-state index contributed by atoms with van der Waals surface area (Å²) in [5.41, 5.74) is 1.96. The molecule has 1 aliphatic rings. The van der Waals surface area contributed by atoms with Crippen molar-refractivity contribution < 1.29 is 42.9 Å². The van der Waals surface area contributed by atoms with Crippen LogP contribution in [-0.2, 0) is 35.3 Å². The molecule has 0 radical (unpaired) electrons. The Labute approximate surface area is 235 Å². The fraction of sp³-hybridized carbons (Fsp3) is 0.379. The highest BCUT2D eigenvalue weighted by Gasteiger charge is 2.48. The van der Waals surface area contributed by atoms with Crippen molar-refractivity contribution in [3.8, 4) is 5.75 Å². The van der Waals surface area contributed by atoms with Crippen LogP contribution >= 0.6 is 7.82 Å². The number of methoxy groups -OCH3 is 1. The van der Waals surface area contributed by atoms with Crippen LogP contribution in [0, 0.1) is 0 Å². The normalized spacial score (nSPS) is 24.0. The maximum Gasteiger partial charge on any atom is 0.472 e. The lowest BCUT2D eigenvalue weighted by atomic mass is 9.79. The SMILES string of the molecule is B[C@@H]1O[C@H](COC(c2ccccc2)(c2ccc(CO)cc2)c2ccc(OC)cc2)C(OP(=O)(O)OC(C)C)[C@@H]1O. The molecule has 0 amide bonds. The van der Waals surface area contributed by atoms with Gasteiger partial charge < -0.3 is 29.3 Å². The fourth-order valence-electron chi connectivity index (χ4n) is 4.93. The van der Waals surface area contributed by atoms with Crippen molar-refractivity contribution in [2.75, 3.05) is 13.7 Å². The van der Waals surface area contributed by atoms with Gasteiger partial charge in [-0.3, -0.25) is 9.05 Å². The molecule has 4 rings (SSSR count). The Morgan fingerprint density at radius 2 is 1.55 bits per heavy atom. The maximum absolute atomic E-state index is 12.6. The van der Waals surface area contributed by atoms with Crippen LogP contribution < -0.4 is 4.74 Å². The van der Waals surface area contributed by atoms with Gasteiger partial charge in [-0.05, 0) is 48.2 Å². The first kappa shape index (κ1) is 30.4. The van der Waals surface area contributed by atoms with E-state index >= 15 is 0 Å². The molecule has 0 spiro atoms. The molecule has 3 N–H and O–H groups in total. The number of hydrogen-bond acceptors (Lipinski definition) is 8. The summed E-state index contributed by atoms with van der Waals surface area (Å²) in [5, 5.41) is 20.4. The smallest absolute Gasteiger partial charge is 0.472 e. The Morgan fingerprint density at radius 1 is 0.975 bits per heavy atom. The van der Waals surface area contributed by atoms with Crippen LogP contribution in [0.2, 0.25) is 0 Å². The average Bonchev–Trinajstić information content (AvgIpc) is 3.21. The monoisotopic (exact) mass is 570 g/mol. The second kappa shape index (κ2) is 13.0. The third-order valence-corrected chi connectivity index (χ3v) is 8.05. The molecule has 9 nitrogen and oxygen atoms in total. The standard InChI is InChI=1S/C29H36BO9P/c1-19(2)38-40(33,34)39-27-25(37-28(30)26(27)32)18-36-29(21-7-5-4-6-8-21,22-11-9-20(17-31)10-12-22)23-13-15-24(35-3)16-14-23/h4-16,19,25-28,31-32H,17-18,30H2,1-3H3,(H,33,34)/t25-,26+,27?,28-,29?/m1/s1. The minimum Gasteiger partial charge on any atom is -0.497 e. The summed E-state index contributed by atoms with van der Waals surface area (Å²) in [6, 6.07) is 23.9. The van der Waals surface area contributed by atoms with E-state index in [1.54, 1.807) is 28.8 Å². The predicted octanol–water partition coefficient (Wildman–Crippen LogP) is 3.13. The minimum atomic E-state index is -4.49. The van der Waals surface area contributed by atoms with Crippen LogP contribution in [-0.4, -0.2) is 67.1 Å². The summed E-state index contributed by atoms with van der Waals surface area (Å²) in [5.74, 6) is 0.676. The van der Waals surface area contributed by atoms with E-state index < -0.39 is 43.8 Å². The fourth-order valence-corrected chi connectivity index (χ4v) is 6.08. The van der Waals surface area contributed by atoms with Gasteiger partial charge in [-0.15, -0.1) is 0 Å². The highest BCUT2D eigenvalue weighted by molar-refractivity contribution is 7.47. The summed E-state index contributed by atoms with van der Waals surface area (Å²) in [4.78, 5) is 10.3. The molecular formula is C29H36BO9P. The van der Waals surface area contributed by atoms with E-state index in [-0.39, 0.29) is 13.2 Å². The number of aliphatic hydroxyl groups excluding tert-OH is 2. The third kappa shape index (κ3) is 6.68. The van der Waals surface area contributed by atoms with Crippen molar-refractivity contribution in [1.29, 1.82) is 0 Å². The molecule has 0 aromatic heterocycles. The summed E-state index contributed by atoms with van der Waals surface area (Å²) in [6.07, 6.45) is -3.81. The first-order valence-corrected chi connectivity index (χ1v) is 14.7. The van der Waals surface area contributed by atoms with Crippen LogP contribution in [0.5, 0.6) is 5.75 Å². The zero-order valence-electron chi connectivity index (χ0n) is 23.0. The topological polar surface area (TPSA) is 124 Å². The first-order chi connectivity index (χ1) is 19.1. The molecule has 1 aliphatic heterocycles. The van der Waals surface area contributed by atoms with Crippen molar-refractivity contribution in [1.82, 2.24) is 0 Å². The van der Waals surface area contributed by atoms with Crippen LogP contribution in [0.25, 0.3) is 0 Å². The summed E-state index contributed by atoms with van der Waals surface area (Å²) < 4.78 is 41.3. The Bertz CT molecular complexity index is 1220. The van der Waals surface area contributed by atoms with Crippen LogP contribution in [0.1, 0.15) is 36.1 Å². The van der Waals surface area contributed by atoms with E-state index in [0.717, 1.165) is 22.3 Å². The molecule has 0 aliphatic carbocycles. The number of aliphatic hydroxyl groups is 2. The number of rotatable bonds is 12. The van der Waals surface area contributed by atoms with Crippen molar-refractivity contribution in [3.63, 3.8) is 0 Å². The van der Waals surface area contributed by atoms with Crippen molar-refractivity contribution in [2.24, 2.45) is 0 Å². The molecule has 3 unspecified atom stereocenters. The number of benzene rings is 3. The Hall–Kier alpha value is -2.53.